The van der Waals surface area contributed by atoms with E-state index in [0.29, 0.717) is 25.2 Å². The van der Waals surface area contributed by atoms with Gasteiger partial charge in [0.2, 0.25) is 0 Å². The third-order valence-electron chi connectivity index (χ3n) is 3.83. The third-order valence-corrected chi connectivity index (χ3v) is 3.83. The molecule has 102 valence electrons. The van der Waals surface area contributed by atoms with E-state index in [0.717, 1.165) is 0 Å². The Bertz CT molecular complexity index is 523. The van der Waals surface area contributed by atoms with Crippen LogP contribution in [0.1, 0.15) is 29.9 Å². The Morgan fingerprint density at radius 2 is 1.45 bits per heavy atom. The first-order chi connectivity index (χ1) is 9.84. The van der Waals surface area contributed by atoms with Crippen LogP contribution in [0.25, 0.3) is 0 Å². The lowest BCUT2D eigenvalue weighted by Gasteiger charge is -2.30. The Morgan fingerprint density at radius 1 is 0.900 bits per heavy atom. The Morgan fingerprint density at radius 3 is 1.95 bits per heavy atom. The molecule has 2 nitrogen and oxygen atoms in total. The number of ketones is 1. The largest absolute Gasteiger partial charge is 0.376 e. The van der Waals surface area contributed by atoms with Gasteiger partial charge in [0.1, 0.15) is 5.78 Å². The number of Topliss-reactive ketones (excluding diaryl/α,β-unsaturated/α-hetero) is 1. The van der Waals surface area contributed by atoms with Crippen LogP contribution in [0.2, 0.25) is 0 Å². The van der Waals surface area contributed by atoms with Crippen molar-refractivity contribution in [2.75, 3.05) is 6.61 Å². The maximum atomic E-state index is 11.8. The summed E-state index contributed by atoms with van der Waals surface area (Å²) in [6, 6.07) is 20.6. The molecule has 0 aromatic heterocycles. The lowest BCUT2D eigenvalue weighted by molar-refractivity contribution is -0.129. The van der Waals surface area contributed by atoms with Crippen LogP contribution in [0.5, 0.6) is 0 Å². The molecule has 0 N–H and O–H groups in total. The van der Waals surface area contributed by atoms with Crippen molar-refractivity contribution < 1.29 is 9.53 Å². The van der Waals surface area contributed by atoms with Crippen LogP contribution < -0.4 is 0 Å². The van der Waals surface area contributed by atoms with Crippen molar-refractivity contribution in [1.29, 1.82) is 0 Å². The van der Waals surface area contributed by atoms with E-state index >= 15 is 0 Å². The van der Waals surface area contributed by atoms with Crippen LogP contribution in [0.4, 0.5) is 0 Å². The van der Waals surface area contributed by atoms with Gasteiger partial charge in [-0.1, -0.05) is 60.7 Å². The van der Waals surface area contributed by atoms with E-state index in [1.165, 1.54) is 11.1 Å². The fourth-order valence-corrected chi connectivity index (χ4v) is 2.87. The zero-order chi connectivity index (χ0) is 13.8. The van der Waals surface area contributed by atoms with Gasteiger partial charge in [-0.2, -0.15) is 0 Å². The van der Waals surface area contributed by atoms with E-state index in [4.69, 9.17) is 4.74 Å². The van der Waals surface area contributed by atoms with Crippen molar-refractivity contribution in [2.45, 2.75) is 24.9 Å². The quantitative estimate of drug-likeness (QED) is 0.849. The monoisotopic (exact) mass is 266 g/mol. The molecule has 1 fully saturated rings. The van der Waals surface area contributed by atoms with Crippen molar-refractivity contribution in [2.24, 2.45) is 0 Å². The molecule has 1 atom stereocenters. The highest BCUT2D eigenvalue weighted by Gasteiger charge is 2.30. The fourth-order valence-electron chi connectivity index (χ4n) is 2.87. The van der Waals surface area contributed by atoms with Gasteiger partial charge in [-0.3, -0.25) is 4.79 Å². The summed E-state index contributed by atoms with van der Waals surface area (Å²) in [6.45, 7) is 0.541. The second kappa shape index (κ2) is 6.02. The van der Waals surface area contributed by atoms with Crippen LogP contribution in [0, 0.1) is 0 Å². The van der Waals surface area contributed by atoms with Crippen molar-refractivity contribution in [3.8, 4) is 0 Å². The van der Waals surface area contributed by atoms with Crippen molar-refractivity contribution in [1.82, 2.24) is 0 Å². The highest BCUT2D eigenvalue weighted by molar-refractivity contribution is 5.79. The molecular weight excluding hydrogens is 248 g/mol. The highest BCUT2D eigenvalue weighted by atomic mass is 16.5. The summed E-state index contributed by atoms with van der Waals surface area (Å²) in [6.07, 6.45) is 1.00. The molecule has 0 radical (unpaired) electrons. The molecule has 0 saturated carbocycles. The molecule has 2 heteroatoms. The Hall–Kier alpha value is -1.93. The van der Waals surface area contributed by atoms with E-state index in [1.807, 2.05) is 36.4 Å². The second-order valence-corrected chi connectivity index (χ2v) is 5.20. The van der Waals surface area contributed by atoms with Gasteiger partial charge in [-0.15, -0.1) is 0 Å². The summed E-state index contributed by atoms with van der Waals surface area (Å²) in [4.78, 5) is 11.8. The second-order valence-electron chi connectivity index (χ2n) is 5.20. The molecule has 0 bridgehead atoms. The topological polar surface area (TPSA) is 26.3 Å². The van der Waals surface area contributed by atoms with Crippen LogP contribution in [-0.2, 0) is 9.53 Å². The summed E-state index contributed by atoms with van der Waals surface area (Å²) in [5.41, 5.74) is 2.41. The minimum atomic E-state index is -0.0546. The number of benzene rings is 2. The Labute approximate surface area is 119 Å². The number of hydrogen-bond donors (Lipinski definition) is 0. The van der Waals surface area contributed by atoms with E-state index in [-0.39, 0.29) is 12.0 Å². The Kier molecular flexibility index (Phi) is 3.93. The molecule has 20 heavy (non-hydrogen) atoms. The number of carbonyl (C=O) groups is 1. The SMILES string of the molecule is O=C1CCOC(C(c2ccccc2)c2ccccc2)C1. The van der Waals surface area contributed by atoms with Crippen LogP contribution >= 0.6 is 0 Å². The first-order valence-electron chi connectivity index (χ1n) is 7.08. The van der Waals surface area contributed by atoms with Crippen molar-refractivity contribution >= 4 is 5.78 Å². The standard InChI is InChI=1S/C18H18O2/c19-16-11-12-20-17(13-16)18(14-7-3-1-4-8-14)15-9-5-2-6-10-15/h1-10,17-18H,11-13H2. The fraction of sp³-hybridized carbons (Fsp3) is 0.278. The zero-order valence-corrected chi connectivity index (χ0v) is 11.4. The molecule has 2 aromatic rings. The van der Waals surface area contributed by atoms with Gasteiger partial charge < -0.3 is 4.74 Å². The van der Waals surface area contributed by atoms with Gasteiger partial charge >= 0.3 is 0 Å². The van der Waals surface area contributed by atoms with E-state index < -0.39 is 0 Å². The van der Waals surface area contributed by atoms with Crippen molar-refractivity contribution in [3.05, 3.63) is 71.8 Å². The molecule has 1 unspecified atom stereocenters. The predicted octanol–water partition coefficient (Wildman–Crippen LogP) is 3.57. The summed E-state index contributed by atoms with van der Waals surface area (Å²) >= 11 is 0. The van der Waals surface area contributed by atoms with Gasteiger partial charge in [-0.05, 0) is 11.1 Å². The van der Waals surface area contributed by atoms with Crippen LogP contribution in [0.3, 0.4) is 0 Å². The lowest BCUT2D eigenvalue weighted by atomic mass is 9.83. The van der Waals surface area contributed by atoms with E-state index in [1.54, 1.807) is 0 Å². The third kappa shape index (κ3) is 2.81. The number of carbonyl (C=O) groups excluding carboxylic acids is 1. The molecule has 0 aliphatic carbocycles. The first-order valence-corrected chi connectivity index (χ1v) is 7.08. The minimum absolute atomic E-state index is 0.0546. The maximum absolute atomic E-state index is 11.8. The summed E-state index contributed by atoms with van der Waals surface area (Å²) in [7, 11) is 0. The normalized spacial score (nSPS) is 19.2. The molecular formula is C18H18O2. The maximum Gasteiger partial charge on any atom is 0.137 e. The highest BCUT2D eigenvalue weighted by Crippen LogP contribution is 2.33. The zero-order valence-electron chi connectivity index (χ0n) is 11.4. The van der Waals surface area contributed by atoms with Gasteiger partial charge in [0.05, 0.1) is 12.7 Å². The van der Waals surface area contributed by atoms with E-state index in [2.05, 4.69) is 24.3 Å². The van der Waals surface area contributed by atoms with Crippen LogP contribution in [0.15, 0.2) is 60.7 Å². The van der Waals surface area contributed by atoms with Gasteiger partial charge in [-0.25, -0.2) is 0 Å². The molecule has 1 saturated heterocycles. The van der Waals surface area contributed by atoms with Gasteiger partial charge in [0.25, 0.3) is 0 Å². The molecule has 1 aliphatic rings. The molecule has 3 rings (SSSR count). The van der Waals surface area contributed by atoms with Crippen molar-refractivity contribution in [3.63, 3.8) is 0 Å². The molecule has 0 spiro atoms. The van der Waals surface area contributed by atoms with Gasteiger partial charge in [0, 0.05) is 18.8 Å². The number of ether oxygens (including phenoxy) is 1. The lowest BCUT2D eigenvalue weighted by Crippen LogP contribution is -2.31. The molecule has 2 aromatic carbocycles. The smallest absolute Gasteiger partial charge is 0.137 e. The molecule has 1 aliphatic heterocycles. The average molecular weight is 266 g/mol. The Balaban J connectivity index is 1.97. The minimum Gasteiger partial charge on any atom is -0.376 e. The number of rotatable bonds is 3. The van der Waals surface area contributed by atoms with Crippen LogP contribution in [-0.4, -0.2) is 18.5 Å². The van der Waals surface area contributed by atoms with Gasteiger partial charge in [0.15, 0.2) is 0 Å². The first kappa shape index (κ1) is 13.1. The van der Waals surface area contributed by atoms with E-state index in [9.17, 15) is 4.79 Å². The summed E-state index contributed by atoms with van der Waals surface area (Å²) in [5.74, 6) is 0.430. The summed E-state index contributed by atoms with van der Waals surface area (Å²) < 4.78 is 5.90. The number of hydrogen-bond acceptors (Lipinski definition) is 2. The summed E-state index contributed by atoms with van der Waals surface area (Å²) in [5, 5.41) is 0. The molecule has 0 amide bonds. The average Bonchev–Trinajstić information content (AvgIpc) is 2.50. The molecule has 1 heterocycles. The predicted molar refractivity (Wildman–Crippen MR) is 78.7 cm³/mol.